The smallest absolute Gasteiger partial charge is 0.0311 e. The van der Waals surface area contributed by atoms with E-state index in [0.29, 0.717) is 0 Å². The topological polar surface area (TPSA) is 161 Å². The molecule has 12 heavy (non-hydrogen) atoms. The summed E-state index contributed by atoms with van der Waals surface area (Å²) >= 11 is 0. The number of hydrogen-bond acceptors (Lipinski definition) is 8. The molecule has 0 heterocycles. The molecule has 0 aromatic heterocycles. The fourth-order valence-corrected chi connectivity index (χ4v) is 0. The summed E-state index contributed by atoms with van der Waals surface area (Å²) < 4.78 is 68.2. The minimum atomic E-state index is -5.17. The van der Waals surface area contributed by atoms with Gasteiger partial charge in [0.2, 0.25) is 0 Å². The molecular formula is AlKO8S2-4. The largest absolute Gasteiger partial charge is 0.759 e. The molecule has 0 aromatic rings. The van der Waals surface area contributed by atoms with Gasteiger partial charge in [-0.1, -0.05) is 0 Å². The molecular weight excluding hydrogens is 258 g/mol. The van der Waals surface area contributed by atoms with Crippen LogP contribution in [0.2, 0.25) is 0 Å². The van der Waals surface area contributed by atoms with Crippen molar-refractivity contribution in [1.82, 2.24) is 0 Å². The Balaban J connectivity index is -0.0000000457. The normalized spacial score (nSPS) is 9.67. The Labute approximate surface area is 122 Å². The van der Waals surface area contributed by atoms with E-state index in [4.69, 9.17) is 35.0 Å². The Morgan fingerprint density at radius 1 is 0.667 bits per heavy atom. The molecule has 0 saturated heterocycles. The van der Waals surface area contributed by atoms with Gasteiger partial charge in [0.1, 0.15) is 0 Å². The van der Waals surface area contributed by atoms with Gasteiger partial charge < -0.3 is 18.2 Å². The van der Waals surface area contributed by atoms with Gasteiger partial charge in [0.25, 0.3) is 0 Å². The second-order valence-electron chi connectivity index (χ2n) is 0.816. The van der Waals surface area contributed by atoms with Crippen molar-refractivity contribution in [2.45, 2.75) is 0 Å². The van der Waals surface area contributed by atoms with Crippen molar-refractivity contribution in [3.63, 3.8) is 0 Å². The van der Waals surface area contributed by atoms with E-state index >= 15 is 0 Å². The van der Waals surface area contributed by atoms with Crippen molar-refractivity contribution in [2.24, 2.45) is 0 Å². The maximum atomic E-state index is 8.52. The van der Waals surface area contributed by atoms with E-state index in [1.165, 1.54) is 0 Å². The van der Waals surface area contributed by atoms with E-state index < -0.39 is 20.8 Å². The molecule has 12 heteroatoms. The standard InChI is InChI=1S/Al.K.2H2O4S/c;;2*1-5(2,3)4/h;;2*(H2,1,2,3,4)/p-4. The summed E-state index contributed by atoms with van der Waals surface area (Å²) in [6.07, 6.45) is 0. The number of hydrogen-bond donors (Lipinski definition) is 0. The molecule has 0 bridgehead atoms. The molecule has 0 fully saturated rings. The van der Waals surface area contributed by atoms with Crippen LogP contribution in [0, 0.1) is 0 Å². The van der Waals surface area contributed by atoms with Gasteiger partial charge in [0, 0.05) is 89.5 Å². The van der Waals surface area contributed by atoms with Crippen LogP contribution in [0.5, 0.6) is 0 Å². The average molecular weight is 258 g/mol. The number of rotatable bonds is 0. The minimum absolute atomic E-state index is 0. The van der Waals surface area contributed by atoms with Gasteiger partial charge in [0.15, 0.2) is 0 Å². The Bertz CT molecular complexity index is 213. The van der Waals surface area contributed by atoms with Gasteiger partial charge >= 0.3 is 0 Å². The Morgan fingerprint density at radius 3 is 0.667 bits per heavy atom. The second kappa shape index (κ2) is 9.46. The molecule has 0 atom stereocenters. The van der Waals surface area contributed by atoms with Crippen LogP contribution < -0.4 is 0 Å². The van der Waals surface area contributed by atoms with Crippen LogP contribution in [0.1, 0.15) is 0 Å². The van der Waals surface area contributed by atoms with Crippen molar-refractivity contribution < 1.29 is 35.0 Å². The monoisotopic (exact) mass is 258 g/mol. The van der Waals surface area contributed by atoms with Crippen LogP contribution >= 0.6 is 0 Å². The first-order chi connectivity index (χ1) is 4.00. The third-order valence-corrected chi connectivity index (χ3v) is 0. The van der Waals surface area contributed by atoms with Crippen LogP contribution in [0.15, 0.2) is 0 Å². The van der Waals surface area contributed by atoms with Crippen LogP contribution in [-0.4, -0.2) is 104 Å². The van der Waals surface area contributed by atoms with E-state index in [-0.39, 0.29) is 68.7 Å². The first-order valence-electron chi connectivity index (χ1n) is 1.33. The molecule has 0 aliphatic rings. The van der Waals surface area contributed by atoms with E-state index in [1.54, 1.807) is 0 Å². The van der Waals surface area contributed by atoms with E-state index in [9.17, 15) is 0 Å². The molecule has 68 valence electrons. The van der Waals surface area contributed by atoms with E-state index in [2.05, 4.69) is 0 Å². The molecule has 8 nitrogen and oxygen atoms in total. The van der Waals surface area contributed by atoms with Crippen LogP contribution in [0.4, 0.5) is 0 Å². The van der Waals surface area contributed by atoms with Crippen molar-refractivity contribution in [2.75, 3.05) is 0 Å². The molecule has 0 aliphatic heterocycles. The first-order valence-corrected chi connectivity index (χ1v) is 4.00. The fourth-order valence-electron chi connectivity index (χ4n) is 0. The first kappa shape index (κ1) is 23.6. The molecule has 0 unspecified atom stereocenters. The zero-order valence-corrected chi connectivity index (χ0v) is 11.6. The van der Waals surface area contributed by atoms with Crippen molar-refractivity contribution in [3.05, 3.63) is 0 Å². The molecule has 0 saturated carbocycles. The van der Waals surface area contributed by atoms with Crippen LogP contribution in [0.3, 0.4) is 0 Å². The van der Waals surface area contributed by atoms with Gasteiger partial charge in [-0.3, -0.25) is 16.8 Å². The maximum absolute atomic E-state index is 8.52. The summed E-state index contributed by atoms with van der Waals surface area (Å²) in [7, 11) is -10.3. The summed E-state index contributed by atoms with van der Waals surface area (Å²) in [5.74, 6) is 0. The second-order valence-corrected chi connectivity index (χ2v) is 2.45. The average Bonchev–Trinajstić information content (AvgIpc) is 1.12. The quantitative estimate of drug-likeness (QED) is 0.246. The third-order valence-electron chi connectivity index (χ3n) is 0. The molecule has 0 aromatic carbocycles. The van der Waals surface area contributed by atoms with Crippen molar-refractivity contribution in [1.29, 1.82) is 0 Å². The SMILES string of the molecule is O=S(=O)([O-])[O-].O=S(=O)([O-])[O-].[Al].[K]. The Morgan fingerprint density at radius 2 is 0.667 bits per heavy atom. The Kier molecular flexibility index (Phi) is 18.6. The summed E-state index contributed by atoms with van der Waals surface area (Å²) in [6.45, 7) is 0. The van der Waals surface area contributed by atoms with Crippen LogP contribution in [0.25, 0.3) is 0 Å². The summed E-state index contributed by atoms with van der Waals surface area (Å²) in [5.41, 5.74) is 0. The summed E-state index contributed by atoms with van der Waals surface area (Å²) in [5, 5.41) is 0. The maximum Gasteiger partial charge on any atom is 0.0311 e. The van der Waals surface area contributed by atoms with Gasteiger partial charge in [-0.15, -0.1) is 0 Å². The fraction of sp³-hybridized carbons (Fsp3) is 0. The zero-order valence-electron chi connectivity index (χ0n) is 5.66. The van der Waals surface area contributed by atoms with Crippen molar-refractivity contribution in [3.8, 4) is 0 Å². The van der Waals surface area contributed by atoms with E-state index in [1.807, 2.05) is 0 Å². The predicted molar refractivity (Wildman–Crippen MR) is 32.5 cm³/mol. The molecule has 0 rings (SSSR count). The summed E-state index contributed by atoms with van der Waals surface area (Å²) in [4.78, 5) is 0. The molecule has 0 spiro atoms. The minimum Gasteiger partial charge on any atom is -0.759 e. The zero-order chi connectivity index (χ0) is 9.00. The third kappa shape index (κ3) is 389. The molecule has 0 N–H and O–H groups in total. The predicted octanol–water partition coefficient (Wildman–Crippen LogP) is -3.44. The Hall–Kier alpha value is 1.91. The van der Waals surface area contributed by atoms with Gasteiger partial charge in [0.05, 0.1) is 0 Å². The van der Waals surface area contributed by atoms with E-state index in [0.717, 1.165) is 0 Å². The van der Waals surface area contributed by atoms with Crippen molar-refractivity contribution >= 4 is 89.5 Å². The molecule has 0 amide bonds. The van der Waals surface area contributed by atoms with Gasteiger partial charge in [-0.05, 0) is 0 Å². The molecule has 0 aliphatic carbocycles. The van der Waals surface area contributed by atoms with Crippen LogP contribution in [-0.2, 0) is 20.8 Å². The van der Waals surface area contributed by atoms with Gasteiger partial charge in [-0.2, -0.15) is 0 Å². The summed E-state index contributed by atoms with van der Waals surface area (Å²) in [6, 6.07) is 0. The molecule has 4 radical (unpaired) electrons. The van der Waals surface area contributed by atoms with Gasteiger partial charge in [-0.25, -0.2) is 0 Å².